The maximum absolute atomic E-state index is 14.0. The maximum atomic E-state index is 14.0. The lowest BCUT2D eigenvalue weighted by molar-refractivity contribution is -0.141. The summed E-state index contributed by atoms with van der Waals surface area (Å²) in [6.07, 6.45) is 0.624. The average molecular weight is 687 g/mol. The quantitative estimate of drug-likeness (QED) is 0.282. The zero-order valence-corrected chi connectivity index (χ0v) is 28.1. The number of rotatable bonds is 5. The Bertz CT molecular complexity index is 1870. The van der Waals surface area contributed by atoms with Crippen LogP contribution in [0.1, 0.15) is 48.5 Å². The van der Waals surface area contributed by atoms with Gasteiger partial charge in [-0.25, -0.2) is 4.98 Å². The number of pyridine rings is 1. The Morgan fingerprint density at radius 1 is 0.720 bits per heavy atom. The second-order valence-electron chi connectivity index (χ2n) is 13.6. The number of piperazine rings is 1. The second kappa shape index (κ2) is 13.9. The Morgan fingerprint density at radius 2 is 1.34 bits per heavy atom. The SMILES string of the molecule is CC(=O)N1CCC(C(=O)N2CCC(N3CCN(C(=O)c4cc(-c5ccc(C(F)(F)F)cc5)nc(-c5ccc6[nH]ccc6c5)c4)CC3)CC2)CC1. The van der Waals surface area contributed by atoms with Crippen LogP contribution in [0.4, 0.5) is 13.2 Å². The number of fused-ring (bicyclic) bond motifs is 1. The molecule has 4 aromatic rings. The first-order chi connectivity index (χ1) is 24.0. The largest absolute Gasteiger partial charge is 0.416 e. The molecule has 0 atom stereocenters. The third kappa shape index (κ3) is 7.12. The van der Waals surface area contributed by atoms with E-state index in [0.717, 1.165) is 80.5 Å². The van der Waals surface area contributed by atoms with Crippen LogP contribution in [0.3, 0.4) is 0 Å². The second-order valence-corrected chi connectivity index (χ2v) is 13.6. The van der Waals surface area contributed by atoms with Crippen molar-refractivity contribution in [3.05, 3.63) is 78.0 Å². The third-order valence-corrected chi connectivity index (χ3v) is 10.6. The van der Waals surface area contributed by atoms with E-state index in [0.29, 0.717) is 54.7 Å². The first-order valence-corrected chi connectivity index (χ1v) is 17.4. The maximum Gasteiger partial charge on any atom is 0.416 e. The van der Waals surface area contributed by atoms with E-state index < -0.39 is 11.7 Å². The molecular weight excluding hydrogens is 645 g/mol. The standard InChI is InChI=1S/C38H41F3N6O3/c1-25(48)44-14-9-27(10-15-44)36(49)46-16-11-32(12-17-46)45-18-20-47(21-19-45)37(50)30-23-34(26-2-5-31(6-3-26)38(39,40)41)43-35(24-30)28-4-7-33-29(22-28)8-13-42-33/h2-8,13,22-24,27,32,42H,9-12,14-21H2,1H3. The Labute approximate surface area is 289 Å². The molecule has 3 aliphatic heterocycles. The first kappa shape index (κ1) is 33.8. The molecule has 2 aromatic carbocycles. The molecule has 1 N–H and O–H groups in total. The number of nitrogens with one attached hydrogen (secondary N) is 1. The summed E-state index contributed by atoms with van der Waals surface area (Å²) in [4.78, 5) is 54.9. The van der Waals surface area contributed by atoms with E-state index in [1.807, 2.05) is 45.2 Å². The molecule has 0 spiro atoms. The van der Waals surface area contributed by atoms with Crippen molar-refractivity contribution in [2.75, 3.05) is 52.4 Å². The van der Waals surface area contributed by atoms with Gasteiger partial charge in [-0.3, -0.25) is 19.3 Å². The summed E-state index contributed by atoms with van der Waals surface area (Å²) >= 11 is 0. The minimum Gasteiger partial charge on any atom is -0.361 e. The highest BCUT2D eigenvalue weighted by atomic mass is 19.4. The van der Waals surface area contributed by atoms with E-state index in [1.54, 1.807) is 19.1 Å². The minimum atomic E-state index is -4.45. The molecule has 0 aliphatic carbocycles. The number of carbonyl (C=O) groups excluding carboxylic acids is 3. The molecule has 2 aromatic heterocycles. The number of amides is 3. The van der Waals surface area contributed by atoms with Crippen molar-refractivity contribution in [1.82, 2.24) is 29.6 Å². The highest BCUT2D eigenvalue weighted by molar-refractivity contribution is 5.97. The van der Waals surface area contributed by atoms with Gasteiger partial charge in [-0.05, 0) is 68.1 Å². The summed E-state index contributed by atoms with van der Waals surface area (Å²) in [5, 5.41) is 0.985. The van der Waals surface area contributed by atoms with E-state index in [9.17, 15) is 27.6 Å². The van der Waals surface area contributed by atoms with Gasteiger partial charge in [0.05, 0.1) is 17.0 Å². The van der Waals surface area contributed by atoms with Crippen molar-refractivity contribution in [3.8, 4) is 22.5 Å². The number of benzene rings is 2. The molecule has 3 fully saturated rings. The fraction of sp³-hybridized carbons (Fsp3) is 0.421. The number of hydrogen-bond donors (Lipinski definition) is 1. The number of aromatic amines is 1. The van der Waals surface area contributed by atoms with Crippen molar-refractivity contribution in [2.45, 2.75) is 44.8 Å². The van der Waals surface area contributed by atoms with Crippen LogP contribution in [0, 0.1) is 5.92 Å². The topological polar surface area (TPSA) is 92.9 Å². The zero-order valence-electron chi connectivity index (χ0n) is 28.1. The van der Waals surface area contributed by atoms with E-state index in [-0.39, 0.29) is 23.6 Å². The predicted molar refractivity (Wildman–Crippen MR) is 184 cm³/mol. The molecule has 0 unspecified atom stereocenters. The van der Waals surface area contributed by atoms with Crippen LogP contribution in [0.25, 0.3) is 33.4 Å². The summed E-state index contributed by atoms with van der Waals surface area (Å²) < 4.78 is 39.9. The van der Waals surface area contributed by atoms with Gasteiger partial charge >= 0.3 is 6.18 Å². The van der Waals surface area contributed by atoms with Crippen LogP contribution < -0.4 is 0 Å². The number of carbonyl (C=O) groups is 3. The summed E-state index contributed by atoms with van der Waals surface area (Å²) in [7, 11) is 0. The number of aromatic nitrogens is 2. The highest BCUT2D eigenvalue weighted by Crippen LogP contribution is 2.33. The fourth-order valence-corrected chi connectivity index (χ4v) is 7.62. The van der Waals surface area contributed by atoms with Gasteiger partial charge in [0.1, 0.15) is 0 Å². The molecule has 9 nitrogen and oxygen atoms in total. The molecule has 5 heterocycles. The molecule has 3 amide bonds. The number of likely N-dealkylation sites (tertiary alicyclic amines) is 2. The van der Waals surface area contributed by atoms with Gasteiger partial charge in [-0.2, -0.15) is 13.2 Å². The molecule has 0 bridgehead atoms. The molecule has 0 saturated carbocycles. The van der Waals surface area contributed by atoms with Crippen LogP contribution in [-0.4, -0.2) is 106 Å². The number of halogens is 3. The monoisotopic (exact) mass is 686 g/mol. The average Bonchev–Trinajstić information content (AvgIpc) is 3.62. The lowest BCUT2D eigenvalue weighted by atomic mass is 9.93. The van der Waals surface area contributed by atoms with Crippen LogP contribution in [0.2, 0.25) is 0 Å². The molecular formula is C38H41F3N6O3. The van der Waals surface area contributed by atoms with Crippen LogP contribution in [0.5, 0.6) is 0 Å². The molecule has 12 heteroatoms. The molecule has 3 saturated heterocycles. The van der Waals surface area contributed by atoms with Crippen molar-refractivity contribution < 1.29 is 27.6 Å². The molecule has 3 aliphatic rings. The number of hydrogen-bond acceptors (Lipinski definition) is 5. The molecule has 50 heavy (non-hydrogen) atoms. The summed E-state index contributed by atoms with van der Waals surface area (Å²) in [6, 6.07) is 16.4. The molecule has 0 radical (unpaired) electrons. The third-order valence-electron chi connectivity index (χ3n) is 10.6. The first-order valence-electron chi connectivity index (χ1n) is 17.4. The van der Waals surface area contributed by atoms with Gasteiger partial charge < -0.3 is 19.7 Å². The molecule has 262 valence electrons. The predicted octanol–water partition coefficient (Wildman–Crippen LogP) is 5.92. The normalized spacial score (nSPS) is 18.5. The zero-order chi connectivity index (χ0) is 35.0. The highest BCUT2D eigenvalue weighted by Gasteiger charge is 2.34. The van der Waals surface area contributed by atoms with Crippen LogP contribution >= 0.6 is 0 Å². The van der Waals surface area contributed by atoms with Gasteiger partial charge in [0.25, 0.3) is 5.91 Å². The molecule has 7 rings (SSSR count). The Kier molecular flexibility index (Phi) is 9.38. The lowest BCUT2D eigenvalue weighted by Crippen LogP contribution is -2.55. The number of alkyl halides is 3. The van der Waals surface area contributed by atoms with Crippen molar-refractivity contribution >= 4 is 28.6 Å². The summed E-state index contributed by atoms with van der Waals surface area (Å²) in [5.74, 6) is 0.127. The number of piperidine rings is 2. The van der Waals surface area contributed by atoms with Crippen LogP contribution in [-0.2, 0) is 15.8 Å². The summed E-state index contributed by atoms with van der Waals surface area (Å²) in [6.45, 7) is 6.85. The van der Waals surface area contributed by atoms with Crippen LogP contribution in [0.15, 0.2) is 66.9 Å². The van der Waals surface area contributed by atoms with E-state index in [1.165, 1.54) is 12.1 Å². The Balaban J connectivity index is 1.02. The van der Waals surface area contributed by atoms with Gasteiger partial charge in [-0.15, -0.1) is 0 Å². The number of H-pyrrole nitrogens is 1. The van der Waals surface area contributed by atoms with Gasteiger partial charge in [0, 0.05) is 105 Å². The van der Waals surface area contributed by atoms with Crippen molar-refractivity contribution in [1.29, 1.82) is 0 Å². The minimum absolute atomic E-state index is 0.0123. The van der Waals surface area contributed by atoms with E-state index >= 15 is 0 Å². The van der Waals surface area contributed by atoms with E-state index in [4.69, 9.17) is 4.98 Å². The van der Waals surface area contributed by atoms with E-state index in [2.05, 4.69) is 9.88 Å². The Morgan fingerprint density at radius 3 is 1.98 bits per heavy atom. The smallest absolute Gasteiger partial charge is 0.361 e. The van der Waals surface area contributed by atoms with Gasteiger partial charge in [-0.1, -0.05) is 18.2 Å². The number of nitrogens with zero attached hydrogens (tertiary/aromatic N) is 5. The Hall–Kier alpha value is -4.71. The van der Waals surface area contributed by atoms with Gasteiger partial charge in [0.2, 0.25) is 11.8 Å². The van der Waals surface area contributed by atoms with Crippen molar-refractivity contribution in [2.24, 2.45) is 5.92 Å². The fourth-order valence-electron chi connectivity index (χ4n) is 7.62. The summed E-state index contributed by atoms with van der Waals surface area (Å²) in [5.41, 5.74) is 2.95. The van der Waals surface area contributed by atoms with Crippen molar-refractivity contribution in [3.63, 3.8) is 0 Å². The van der Waals surface area contributed by atoms with Gasteiger partial charge in [0.15, 0.2) is 0 Å². The lowest BCUT2D eigenvalue weighted by Gasteiger charge is -2.43.